The third-order valence-electron chi connectivity index (χ3n) is 4.12. The summed E-state index contributed by atoms with van der Waals surface area (Å²) in [5.74, 6) is 0.175. The molecule has 7 heteroatoms. The number of benzene rings is 2. The number of rotatable bonds is 6. The van der Waals surface area contributed by atoms with E-state index in [-0.39, 0.29) is 11.7 Å². The van der Waals surface area contributed by atoms with E-state index in [9.17, 15) is 9.59 Å². The second kappa shape index (κ2) is 8.75. The second-order valence-corrected chi connectivity index (χ2v) is 7.01. The molecule has 28 heavy (non-hydrogen) atoms. The van der Waals surface area contributed by atoms with E-state index >= 15 is 0 Å². The van der Waals surface area contributed by atoms with E-state index in [1.54, 1.807) is 31.4 Å². The van der Waals surface area contributed by atoms with E-state index in [1.807, 2.05) is 31.2 Å². The van der Waals surface area contributed by atoms with Crippen molar-refractivity contribution in [2.24, 2.45) is 0 Å². The van der Waals surface area contributed by atoms with Crippen LogP contribution in [0.4, 0.5) is 5.69 Å². The summed E-state index contributed by atoms with van der Waals surface area (Å²) in [5, 5.41) is 4.55. The van der Waals surface area contributed by atoms with Gasteiger partial charge in [-0.05, 0) is 42.8 Å². The van der Waals surface area contributed by atoms with E-state index < -0.39 is 5.97 Å². The molecule has 1 N–H and O–H groups in total. The molecule has 0 radical (unpaired) electrons. The molecule has 0 saturated carbocycles. The monoisotopic (exact) mass is 396 g/mol. The maximum atomic E-state index is 12.4. The molecule has 3 rings (SSSR count). The van der Waals surface area contributed by atoms with Gasteiger partial charge < -0.3 is 14.8 Å². The minimum Gasteiger partial charge on any atom is -0.497 e. The number of para-hydroxylation sites is 1. The van der Waals surface area contributed by atoms with Crippen molar-refractivity contribution in [3.8, 4) is 5.75 Å². The van der Waals surface area contributed by atoms with Gasteiger partial charge >= 0.3 is 5.97 Å². The van der Waals surface area contributed by atoms with Gasteiger partial charge in [-0.15, -0.1) is 0 Å². The molecule has 2 aromatic carbocycles. The summed E-state index contributed by atoms with van der Waals surface area (Å²) < 4.78 is 10.00. The van der Waals surface area contributed by atoms with Gasteiger partial charge in [0, 0.05) is 11.5 Å². The van der Waals surface area contributed by atoms with Gasteiger partial charge in [-0.25, -0.2) is 9.78 Å². The van der Waals surface area contributed by atoms with Gasteiger partial charge in [0.05, 0.1) is 36.7 Å². The average molecular weight is 396 g/mol. The Morgan fingerprint density at radius 1 is 1.11 bits per heavy atom. The molecule has 0 bridgehead atoms. The minimum absolute atomic E-state index is 0.165. The molecule has 1 heterocycles. The highest BCUT2D eigenvalue weighted by molar-refractivity contribution is 8.00. The zero-order valence-electron chi connectivity index (χ0n) is 15.8. The minimum atomic E-state index is -0.496. The van der Waals surface area contributed by atoms with Crippen LogP contribution >= 0.6 is 11.8 Å². The largest absolute Gasteiger partial charge is 0.497 e. The van der Waals surface area contributed by atoms with Gasteiger partial charge in [0.1, 0.15) is 10.8 Å². The topological polar surface area (TPSA) is 77.5 Å². The quantitative estimate of drug-likeness (QED) is 0.500. The van der Waals surface area contributed by atoms with Crippen molar-refractivity contribution in [1.29, 1.82) is 0 Å². The maximum Gasteiger partial charge on any atom is 0.339 e. The zero-order valence-corrected chi connectivity index (χ0v) is 16.6. The molecule has 0 aliphatic carbocycles. The number of fused-ring (bicyclic) bond motifs is 1. The van der Waals surface area contributed by atoms with E-state index in [1.165, 1.54) is 18.9 Å². The number of aryl methyl sites for hydroxylation is 1. The number of nitrogens with zero attached hydrogens (tertiary/aromatic N) is 1. The Bertz CT molecular complexity index is 1040. The van der Waals surface area contributed by atoms with Crippen LogP contribution in [0, 0.1) is 6.92 Å². The van der Waals surface area contributed by atoms with Crippen LogP contribution in [0.1, 0.15) is 15.9 Å². The lowest BCUT2D eigenvalue weighted by Gasteiger charge is -2.10. The predicted octanol–water partition coefficient (Wildman–Crippen LogP) is 4.07. The van der Waals surface area contributed by atoms with Gasteiger partial charge in [-0.3, -0.25) is 4.79 Å². The Hall–Kier alpha value is -3.06. The van der Waals surface area contributed by atoms with Crippen molar-refractivity contribution in [2.75, 3.05) is 25.3 Å². The Labute approximate surface area is 167 Å². The molecule has 0 saturated heterocycles. The molecule has 0 unspecified atom stereocenters. The summed E-state index contributed by atoms with van der Waals surface area (Å²) in [4.78, 5) is 28.9. The number of esters is 1. The van der Waals surface area contributed by atoms with Crippen molar-refractivity contribution >= 4 is 40.2 Å². The Balaban J connectivity index is 1.73. The lowest BCUT2D eigenvalue weighted by atomic mass is 10.2. The van der Waals surface area contributed by atoms with Crippen LogP contribution in [0.5, 0.6) is 5.75 Å². The number of carbonyl (C=O) groups excluding carboxylic acids is 2. The number of pyridine rings is 1. The predicted molar refractivity (Wildman–Crippen MR) is 110 cm³/mol. The number of anilines is 1. The number of carbonyl (C=O) groups is 2. The standard InChI is InChI=1S/C21H20N2O4S/c1-13-10-14-8-9-15(26-2)11-18(14)23-20(13)28-12-19(24)22-17-7-5-4-6-16(17)21(25)27-3/h4-11H,12H2,1-3H3,(H,22,24). The van der Waals surface area contributed by atoms with Crippen LogP contribution in [-0.2, 0) is 9.53 Å². The Morgan fingerprint density at radius 2 is 1.89 bits per heavy atom. The molecule has 144 valence electrons. The van der Waals surface area contributed by atoms with Gasteiger partial charge in [-0.2, -0.15) is 0 Å². The molecule has 0 atom stereocenters. The fourth-order valence-electron chi connectivity index (χ4n) is 2.71. The van der Waals surface area contributed by atoms with E-state index in [0.717, 1.165) is 27.2 Å². The number of amides is 1. The smallest absolute Gasteiger partial charge is 0.339 e. The first-order valence-corrected chi connectivity index (χ1v) is 9.55. The normalized spacial score (nSPS) is 10.5. The number of aromatic nitrogens is 1. The molecule has 0 spiro atoms. The van der Waals surface area contributed by atoms with Crippen molar-refractivity contribution in [3.63, 3.8) is 0 Å². The highest BCUT2D eigenvalue weighted by Crippen LogP contribution is 2.27. The third-order valence-corrected chi connectivity index (χ3v) is 5.21. The maximum absolute atomic E-state index is 12.4. The number of nitrogens with one attached hydrogen (secondary N) is 1. The third kappa shape index (κ3) is 4.43. The lowest BCUT2D eigenvalue weighted by Crippen LogP contribution is -2.17. The fraction of sp³-hybridized carbons (Fsp3) is 0.190. The first-order valence-electron chi connectivity index (χ1n) is 8.57. The number of thioether (sulfide) groups is 1. The highest BCUT2D eigenvalue weighted by atomic mass is 32.2. The summed E-state index contributed by atoms with van der Waals surface area (Å²) in [7, 11) is 2.92. The van der Waals surface area contributed by atoms with E-state index in [2.05, 4.69) is 10.3 Å². The second-order valence-electron chi connectivity index (χ2n) is 6.04. The van der Waals surface area contributed by atoms with Crippen molar-refractivity contribution in [3.05, 3.63) is 59.7 Å². The molecule has 0 aliphatic rings. The average Bonchev–Trinajstić information content (AvgIpc) is 2.71. The molecule has 0 aliphatic heterocycles. The van der Waals surface area contributed by atoms with Crippen LogP contribution in [0.2, 0.25) is 0 Å². The van der Waals surface area contributed by atoms with Crippen molar-refractivity contribution < 1.29 is 19.1 Å². The van der Waals surface area contributed by atoms with Crippen molar-refractivity contribution in [2.45, 2.75) is 11.9 Å². The van der Waals surface area contributed by atoms with Crippen LogP contribution in [0.3, 0.4) is 0 Å². The number of methoxy groups -OCH3 is 2. The Morgan fingerprint density at radius 3 is 2.64 bits per heavy atom. The first-order chi connectivity index (χ1) is 13.5. The number of ether oxygens (including phenoxy) is 2. The van der Waals surface area contributed by atoms with Gasteiger partial charge in [-0.1, -0.05) is 23.9 Å². The fourth-order valence-corrected chi connectivity index (χ4v) is 3.50. The molecular formula is C21H20N2O4S. The van der Waals surface area contributed by atoms with Gasteiger partial charge in [0.15, 0.2) is 0 Å². The van der Waals surface area contributed by atoms with Crippen LogP contribution in [0.15, 0.2) is 53.6 Å². The summed E-state index contributed by atoms with van der Waals surface area (Å²) in [6.45, 7) is 1.96. The van der Waals surface area contributed by atoms with Crippen LogP contribution < -0.4 is 10.1 Å². The molecule has 6 nitrogen and oxygen atoms in total. The lowest BCUT2D eigenvalue weighted by molar-refractivity contribution is -0.113. The zero-order chi connectivity index (χ0) is 20.1. The Kier molecular flexibility index (Phi) is 6.16. The number of hydrogen-bond donors (Lipinski definition) is 1. The van der Waals surface area contributed by atoms with Crippen LogP contribution in [-0.4, -0.2) is 36.8 Å². The summed E-state index contributed by atoms with van der Waals surface area (Å²) in [6.07, 6.45) is 0. The summed E-state index contributed by atoms with van der Waals surface area (Å²) in [6, 6.07) is 14.5. The summed E-state index contributed by atoms with van der Waals surface area (Å²) in [5.41, 5.74) is 2.54. The SMILES string of the molecule is COC(=O)c1ccccc1NC(=O)CSc1nc2cc(OC)ccc2cc1C. The van der Waals surface area contributed by atoms with Crippen molar-refractivity contribution in [1.82, 2.24) is 4.98 Å². The highest BCUT2D eigenvalue weighted by Gasteiger charge is 2.14. The van der Waals surface area contributed by atoms with Gasteiger partial charge in [0.2, 0.25) is 5.91 Å². The van der Waals surface area contributed by atoms with E-state index in [4.69, 9.17) is 9.47 Å². The molecule has 0 fully saturated rings. The molecule has 1 aromatic heterocycles. The van der Waals surface area contributed by atoms with Crippen LogP contribution in [0.25, 0.3) is 10.9 Å². The molecule has 3 aromatic rings. The molecular weight excluding hydrogens is 376 g/mol. The number of hydrogen-bond acceptors (Lipinski definition) is 6. The first kappa shape index (κ1) is 19.7. The van der Waals surface area contributed by atoms with Gasteiger partial charge in [0.25, 0.3) is 0 Å². The van der Waals surface area contributed by atoms with E-state index in [0.29, 0.717) is 11.3 Å². The molecule has 1 amide bonds. The summed E-state index contributed by atoms with van der Waals surface area (Å²) >= 11 is 1.34.